The van der Waals surface area contributed by atoms with Gasteiger partial charge < -0.3 is 4.74 Å². The van der Waals surface area contributed by atoms with Gasteiger partial charge in [-0.25, -0.2) is 4.90 Å². The summed E-state index contributed by atoms with van der Waals surface area (Å²) in [6, 6.07) is 4.27. The molecule has 0 saturated carbocycles. The number of hydrogen-bond donors (Lipinski definition) is 0. The molecular formula is C15H11BrN2O5. The van der Waals surface area contributed by atoms with Crippen LogP contribution in [0.5, 0.6) is 0 Å². The van der Waals surface area contributed by atoms with Crippen LogP contribution in [-0.4, -0.2) is 28.4 Å². The van der Waals surface area contributed by atoms with Crippen LogP contribution in [0.25, 0.3) is 0 Å². The Labute approximate surface area is 139 Å². The third-order valence-electron chi connectivity index (χ3n) is 4.70. The number of amides is 2. The van der Waals surface area contributed by atoms with Crippen molar-refractivity contribution in [3.05, 3.63) is 44.9 Å². The number of nitro benzene ring substituents is 1. The van der Waals surface area contributed by atoms with E-state index in [2.05, 4.69) is 15.9 Å². The highest BCUT2D eigenvalue weighted by molar-refractivity contribution is 9.10. The van der Waals surface area contributed by atoms with Crippen LogP contribution >= 0.6 is 15.9 Å². The van der Waals surface area contributed by atoms with Crippen LogP contribution in [0.1, 0.15) is 6.92 Å². The maximum Gasteiger partial charge on any atom is 0.294 e. The van der Waals surface area contributed by atoms with Gasteiger partial charge in [0.15, 0.2) is 0 Å². The van der Waals surface area contributed by atoms with Gasteiger partial charge in [-0.3, -0.25) is 19.7 Å². The molecule has 3 heterocycles. The third-order valence-corrected chi connectivity index (χ3v) is 5.20. The van der Waals surface area contributed by atoms with Crippen LogP contribution < -0.4 is 4.90 Å². The van der Waals surface area contributed by atoms with Crippen molar-refractivity contribution in [1.29, 1.82) is 0 Å². The minimum atomic E-state index is -0.818. The third kappa shape index (κ3) is 1.79. The molecular weight excluding hydrogens is 368 g/mol. The fraction of sp³-hybridized carbons (Fsp3) is 0.333. The average molecular weight is 379 g/mol. The van der Waals surface area contributed by atoms with E-state index in [0.717, 1.165) is 4.90 Å². The summed E-state index contributed by atoms with van der Waals surface area (Å²) in [5.74, 6) is -2.13. The number of rotatable bonds is 2. The van der Waals surface area contributed by atoms with Crippen molar-refractivity contribution in [1.82, 2.24) is 0 Å². The maximum absolute atomic E-state index is 12.8. The molecule has 0 N–H and O–H groups in total. The molecule has 8 heteroatoms. The first kappa shape index (κ1) is 14.5. The first-order valence-corrected chi connectivity index (χ1v) is 7.82. The summed E-state index contributed by atoms with van der Waals surface area (Å²) in [4.78, 5) is 37.2. The van der Waals surface area contributed by atoms with E-state index in [0.29, 0.717) is 4.47 Å². The Kier molecular flexibility index (Phi) is 2.83. The molecule has 3 aliphatic heterocycles. The van der Waals surface area contributed by atoms with Crippen molar-refractivity contribution in [3.63, 3.8) is 0 Å². The molecule has 0 aliphatic carbocycles. The van der Waals surface area contributed by atoms with Gasteiger partial charge in [-0.1, -0.05) is 28.1 Å². The second kappa shape index (κ2) is 4.48. The van der Waals surface area contributed by atoms with Gasteiger partial charge in [0.25, 0.3) is 5.69 Å². The van der Waals surface area contributed by atoms with Crippen molar-refractivity contribution in [2.45, 2.75) is 18.6 Å². The average Bonchev–Trinajstić information content (AvgIpc) is 3.09. The summed E-state index contributed by atoms with van der Waals surface area (Å²) in [5, 5.41) is 11.3. The molecule has 3 aliphatic rings. The smallest absolute Gasteiger partial charge is 0.294 e. The first-order valence-electron chi connectivity index (χ1n) is 7.02. The molecule has 2 saturated heterocycles. The van der Waals surface area contributed by atoms with Crippen LogP contribution in [0.3, 0.4) is 0 Å². The predicted molar refractivity (Wildman–Crippen MR) is 82.7 cm³/mol. The second-order valence-electron chi connectivity index (χ2n) is 6.03. The molecule has 4 rings (SSSR count). The molecule has 0 radical (unpaired) electrons. The van der Waals surface area contributed by atoms with E-state index in [9.17, 15) is 19.7 Å². The van der Waals surface area contributed by atoms with E-state index in [1.54, 1.807) is 25.1 Å². The second-order valence-corrected chi connectivity index (χ2v) is 6.95. The summed E-state index contributed by atoms with van der Waals surface area (Å²) in [6.45, 7) is 1.76. The quantitative estimate of drug-likeness (QED) is 0.340. The van der Waals surface area contributed by atoms with Gasteiger partial charge in [-0.15, -0.1) is 0 Å². The van der Waals surface area contributed by atoms with Crippen LogP contribution in [-0.2, 0) is 14.3 Å². The molecule has 23 heavy (non-hydrogen) atoms. The fourth-order valence-corrected chi connectivity index (χ4v) is 4.07. The first-order chi connectivity index (χ1) is 10.8. The van der Waals surface area contributed by atoms with Crippen molar-refractivity contribution >= 4 is 39.1 Å². The number of hydrogen-bond acceptors (Lipinski definition) is 5. The number of carbonyl (C=O) groups excluding carboxylic acids is 2. The molecule has 1 aromatic carbocycles. The van der Waals surface area contributed by atoms with Gasteiger partial charge in [0, 0.05) is 10.5 Å². The van der Waals surface area contributed by atoms with E-state index in [-0.39, 0.29) is 11.4 Å². The normalized spacial score (nSPS) is 34.3. The van der Waals surface area contributed by atoms with Crippen LogP contribution in [0.4, 0.5) is 11.4 Å². The zero-order valence-corrected chi connectivity index (χ0v) is 13.5. The Hall–Kier alpha value is -2.06. The number of nitro groups is 1. The highest BCUT2D eigenvalue weighted by Gasteiger charge is 2.66. The Morgan fingerprint density at radius 2 is 2.09 bits per heavy atom. The zero-order valence-electron chi connectivity index (χ0n) is 11.9. The van der Waals surface area contributed by atoms with Gasteiger partial charge in [0.1, 0.15) is 5.69 Å². The van der Waals surface area contributed by atoms with Gasteiger partial charge >= 0.3 is 0 Å². The van der Waals surface area contributed by atoms with Crippen molar-refractivity contribution in [2.24, 2.45) is 11.8 Å². The van der Waals surface area contributed by atoms with Gasteiger partial charge in [0.2, 0.25) is 11.8 Å². The van der Waals surface area contributed by atoms with E-state index >= 15 is 0 Å². The Morgan fingerprint density at radius 3 is 2.74 bits per heavy atom. The number of ether oxygens (including phenoxy) is 1. The monoisotopic (exact) mass is 378 g/mol. The largest absolute Gasteiger partial charge is 0.362 e. The lowest BCUT2D eigenvalue weighted by atomic mass is 9.78. The SMILES string of the molecule is C[C@@]12C=C[C@@H](O1)[C@H]1C(=O)N(c3ccc(Br)cc3[N+](=O)[O-])C(=O)[C@@H]12. The lowest BCUT2D eigenvalue weighted by Crippen LogP contribution is -2.38. The molecule has 2 fully saturated rings. The highest BCUT2D eigenvalue weighted by Crippen LogP contribution is 2.53. The molecule has 7 nitrogen and oxygen atoms in total. The summed E-state index contributed by atoms with van der Waals surface area (Å²) in [6.07, 6.45) is 3.14. The number of carbonyl (C=O) groups is 2. The maximum atomic E-state index is 12.8. The Morgan fingerprint density at radius 1 is 1.35 bits per heavy atom. The molecule has 118 valence electrons. The molecule has 2 bridgehead atoms. The Bertz CT molecular complexity index is 807. The summed E-state index contributed by atoms with van der Waals surface area (Å²) in [7, 11) is 0. The molecule has 4 atom stereocenters. The molecule has 1 aromatic rings. The van der Waals surface area contributed by atoms with Crippen molar-refractivity contribution in [2.75, 3.05) is 4.90 Å². The minimum absolute atomic E-state index is 0.00519. The van der Waals surface area contributed by atoms with Crippen molar-refractivity contribution in [3.8, 4) is 0 Å². The van der Waals surface area contributed by atoms with Crippen LogP contribution in [0.2, 0.25) is 0 Å². The lowest BCUT2D eigenvalue weighted by Gasteiger charge is -2.24. The molecule has 0 spiro atoms. The number of halogens is 1. The van der Waals surface area contributed by atoms with Crippen LogP contribution in [0.15, 0.2) is 34.8 Å². The van der Waals surface area contributed by atoms with Crippen molar-refractivity contribution < 1.29 is 19.2 Å². The molecule has 0 unspecified atom stereocenters. The van der Waals surface area contributed by atoms with E-state index < -0.39 is 40.3 Å². The molecule has 0 aromatic heterocycles. The lowest BCUT2D eigenvalue weighted by molar-refractivity contribution is -0.384. The van der Waals surface area contributed by atoms with E-state index in [1.165, 1.54) is 12.1 Å². The summed E-state index contributed by atoms with van der Waals surface area (Å²) < 4.78 is 6.23. The minimum Gasteiger partial charge on any atom is -0.362 e. The van der Waals surface area contributed by atoms with Gasteiger partial charge in [-0.05, 0) is 19.1 Å². The standard InChI is InChI=1S/C15H11BrN2O5/c1-15-5-4-10(23-15)11-12(15)14(20)17(13(11)19)8-3-2-7(16)6-9(8)18(21)22/h2-6,10-12H,1H3/t10-,11-,12-,15+/m1/s1. The number of nitrogens with zero attached hydrogens (tertiary/aromatic N) is 2. The topological polar surface area (TPSA) is 89.8 Å². The number of benzene rings is 1. The van der Waals surface area contributed by atoms with E-state index in [1.807, 2.05) is 0 Å². The number of anilines is 1. The highest BCUT2D eigenvalue weighted by atomic mass is 79.9. The number of fused-ring (bicyclic) bond motifs is 5. The van der Waals surface area contributed by atoms with Gasteiger partial charge in [0.05, 0.1) is 28.5 Å². The summed E-state index contributed by atoms with van der Waals surface area (Å²) >= 11 is 3.17. The summed E-state index contributed by atoms with van der Waals surface area (Å²) in [5.41, 5.74) is -1.10. The number of imide groups is 1. The van der Waals surface area contributed by atoms with E-state index in [4.69, 9.17) is 4.74 Å². The van der Waals surface area contributed by atoms with Gasteiger partial charge in [-0.2, -0.15) is 0 Å². The van der Waals surface area contributed by atoms with Crippen LogP contribution in [0, 0.1) is 22.0 Å². The molecule has 2 amide bonds. The zero-order chi connectivity index (χ0) is 16.5. The fourth-order valence-electron chi connectivity index (χ4n) is 3.72. The Balaban J connectivity index is 1.83. The predicted octanol–water partition coefficient (Wildman–Crippen LogP) is 2.19.